The van der Waals surface area contributed by atoms with Crippen LogP contribution < -0.4 is 5.73 Å². The van der Waals surface area contributed by atoms with Gasteiger partial charge in [-0.25, -0.2) is 4.98 Å². The SMILES string of the molecule is C#CC1=C(N2CCC3(CCC3)CC2)c2nc(CN)ccc2CC1=O. The molecule has 2 heterocycles. The molecule has 4 nitrogen and oxygen atoms in total. The van der Waals surface area contributed by atoms with Gasteiger partial charge in [0.2, 0.25) is 0 Å². The van der Waals surface area contributed by atoms with Crippen LogP contribution in [0, 0.1) is 17.8 Å². The zero-order valence-corrected chi connectivity index (χ0v) is 14.0. The van der Waals surface area contributed by atoms with Crippen LogP contribution in [0.15, 0.2) is 17.7 Å². The maximum atomic E-state index is 12.5. The molecule has 3 aliphatic rings. The van der Waals surface area contributed by atoms with Gasteiger partial charge in [0.05, 0.1) is 22.7 Å². The maximum absolute atomic E-state index is 12.5. The Morgan fingerprint density at radius 3 is 2.58 bits per heavy atom. The van der Waals surface area contributed by atoms with Gasteiger partial charge in [0.1, 0.15) is 0 Å². The molecule has 4 heteroatoms. The van der Waals surface area contributed by atoms with E-state index < -0.39 is 0 Å². The number of ketones is 1. The molecule has 0 radical (unpaired) electrons. The first-order valence-electron chi connectivity index (χ1n) is 8.84. The summed E-state index contributed by atoms with van der Waals surface area (Å²) in [5.74, 6) is 2.68. The molecule has 1 spiro atoms. The Morgan fingerprint density at radius 2 is 2.00 bits per heavy atom. The molecule has 24 heavy (non-hydrogen) atoms. The van der Waals surface area contributed by atoms with E-state index in [-0.39, 0.29) is 5.78 Å². The highest BCUT2D eigenvalue weighted by atomic mass is 16.1. The third-order valence-corrected chi connectivity index (χ3v) is 6.04. The highest BCUT2D eigenvalue weighted by molar-refractivity contribution is 6.09. The molecule has 0 amide bonds. The van der Waals surface area contributed by atoms with Crippen molar-refractivity contribution in [3.63, 3.8) is 0 Å². The Morgan fingerprint density at radius 1 is 1.25 bits per heavy atom. The summed E-state index contributed by atoms with van der Waals surface area (Å²) in [7, 11) is 0. The highest BCUT2D eigenvalue weighted by Gasteiger charge is 2.41. The Balaban J connectivity index is 1.73. The lowest BCUT2D eigenvalue weighted by Gasteiger charge is -2.49. The number of piperidine rings is 1. The summed E-state index contributed by atoms with van der Waals surface area (Å²) in [4.78, 5) is 19.5. The first-order chi connectivity index (χ1) is 11.7. The lowest BCUT2D eigenvalue weighted by atomic mass is 9.63. The van der Waals surface area contributed by atoms with Crippen molar-refractivity contribution in [1.29, 1.82) is 0 Å². The summed E-state index contributed by atoms with van der Waals surface area (Å²) in [6.07, 6.45) is 12.5. The number of nitrogens with zero attached hydrogens (tertiary/aromatic N) is 2. The number of aromatic nitrogens is 1. The third kappa shape index (κ3) is 2.35. The number of rotatable bonds is 2. The van der Waals surface area contributed by atoms with Crippen molar-refractivity contribution in [2.75, 3.05) is 13.1 Å². The van der Waals surface area contributed by atoms with E-state index in [1.807, 2.05) is 12.1 Å². The molecule has 2 aliphatic carbocycles. The van der Waals surface area contributed by atoms with E-state index in [1.54, 1.807) is 0 Å². The van der Waals surface area contributed by atoms with Gasteiger partial charge < -0.3 is 10.6 Å². The molecule has 2 fully saturated rings. The van der Waals surface area contributed by atoms with E-state index in [0.717, 1.165) is 35.7 Å². The van der Waals surface area contributed by atoms with Crippen LogP contribution >= 0.6 is 0 Å². The lowest BCUT2D eigenvalue weighted by molar-refractivity contribution is -0.114. The fourth-order valence-electron chi connectivity index (χ4n) is 4.34. The molecule has 1 saturated carbocycles. The minimum Gasteiger partial charge on any atom is -0.369 e. The number of hydrogen-bond donors (Lipinski definition) is 1. The Bertz CT molecular complexity index is 758. The first-order valence-corrected chi connectivity index (χ1v) is 8.84. The van der Waals surface area contributed by atoms with Gasteiger partial charge in [0, 0.05) is 26.1 Å². The van der Waals surface area contributed by atoms with E-state index in [4.69, 9.17) is 17.1 Å². The fourth-order valence-corrected chi connectivity index (χ4v) is 4.34. The quantitative estimate of drug-likeness (QED) is 0.849. The van der Waals surface area contributed by atoms with E-state index in [2.05, 4.69) is 10.8 Å². The van der Waals surface area contributed by atoms with Crippen LogP contribution in [-0.4, -0.2) is 28.8 Å². The number of pyridine rings is 1. The molecule has 1 aliphatic heterocycles. The summed E-state index contributed by atoms with van der Waals surface area (Å²) in [6.45, 7) is 2.31. The van der Waals surface area contributed by atoms with Crippen LogP contribution in [-0.2, 0) is 17.8 Å². The normalized spacial score (nSPS) is 22.2. The summed E-state index contributed by atoms with van der Waals surface area (Å²) in [5.41, 5.74) is 10.4. The van der Waals surface area contributed by atoms with Crippen molar-refractivity contribution in [3.8, 4) is 12.3 Å². The number of terminal acetylenes is 1. The van der Waals surface area contributed by atoms with Gasteiger partial charge in [-0.05, 0) is 42.7 Å². The zero-order valence-electron chi connectivity index (χ0n) is 14.0. The average Bonchev–Trinajstić information content (AvgIpc) is 2.59. The van der Waals surface area contributed by atoms with Crippen molar-refractivity contribution < 1.29 is 4.79 Å². The number of likely N-dealkylation sites (tertiary alicyclic amines) is 1. The van der Waals surface area contributed by atoms with E-state index in [0.29, 0.717) is 24.0 Å². The fraction of sp³-hybridized carbons (Fsp3) is 0.500. The van der Waals surface area contributed by atoms with E-state index in [9.17, 15) is 4.79 Å². The lowest BCUT2D eigenvalue weighted by Crippen LogP contribution is -2.43. The Labute approximate surface area is 143 Å². The van der Waals surface area contributed by atoms with Crippen LogP contribution in [0.25, 0.3) is 5.70 Å². The number of carbonyl (C=O) groups excluding carboxylic acids is 1. The van der Waals surface area contributed by atoms with Crippen LogP contribution in [0.4, 0.5) is 0 Å². The molecule has 1 aromatic rings. The number of nitrogens with two attached hydrogens (primary N) is 1. The summed E-state index contributed by atoms with van der Waals surface area (Å²) >= 11 is 0. The van der Waals surface area contributed by atoms with Crippen molar-refractivity contribution in [2.24, 2.45) is 11.1 Å². The topological polar surface area (TPSA) is 59.2 Å². The van der Waals surface area contributed by atoms with Gasteiger partial charge in [0.15, 0.2) is 5.78 Å². The molecule has 2 N–H and O–H groups in total. The molecule has 0 unspecified atom stereocenters. The number of hydrogen-bond acceptors (Lipinski definition) is 4. The van der Waals surface area contributed by atoms with Crippen molar-refractivity contribution >= 4 is 11.5 Å². The van der Waals surface area contributed by atoms with Gasteiger partial charge in [-0.2, -0.15) is 0 Å². The molecule has 0 bridgehead atoms. The third-order valence-electron chi connectivity index (χ3n) is 6.04. The Hall–Kier alpha value is -2.12. The van der Waals surface area contributed by atoms with Crippen LogP contribution in [0.1, 0.15) is 49.1 Å². The molecule has 0 atom stereocenters. The van der Waals surface area contributed by atoms with Crippen molar-refractivity contribution in [2.45, 2.75) is 45.1 Å². The van der Waals surface area contributed by atoms with Crippen molar-refractivity contribution in [1.82, 2.24) is 9.88 Å². The molecule has 124 valence electrons. The maximum Gasteiger partial charge on any atom is 0.177 e. The predicted molar refractivity (Wildman–Crippen MR) is 93.7 cm³/mol. The first kappa shape index (κ1) is 15.4. The highest BCUT2D eigenvalue weighted by Crippen LogP contribution is 2.50. The second-order valence-electron chi connectivity index (χ2n) is 7.32. The Kier molecular flexibility index (Phi) is 3.69. The van der Waals surface area contributed by atoms with Crippen molar-refractivity contribution in [3.05, 3.63) is 34.7 Å². The van der Waals surface area contributed by atoms with Crippen LogP contribution in [0.2, 0.25) is 0 Å². The van der Waals surface area contributed by atoms with Gasteiger partial charge in [-0.15, -0.1) is 6.42 Å². The average molecular weight is 321 g/mol. The molecule has 1 saturated heterocycles. The monoisotopic (exact) mass is 321 g/mol. The molecule has 0 aromatic carbocycles. The van der Waals surface area contributed by atoms with Gasteiger partial charge in [0.25, 0.3) is 0 Å². The number of allylic oxidation sites excluding steroid dienone is 1. The largest absolute Gasteiger partial charge is 0.369 e. The summed E-state index contributed by atoms with van der Waals surface area (Å²) < 4.78 is 0. The molecular formula is C20H23N3O. The van der Waals surface area contributed by atoms with Gasteiger partial charge >= 0.3 is 0 Å². The second kappa shape index (κ2) is 5.75. The van der Waals surface area contributed by atoms with Crippen LogP contribution in [0.5, 0.6) is 0 Å². The van der Waals surface area contributed by atoms with Gasteiger partial charge in [-0.1, -0.05) is 18.4 Å². The number of fused-ring (bicyclic) bond motifs is 1. The van der Waals surface area contributed by atoms with Gasteiger partial charge in [-0.3, -0.25) is 4.79 Å². The van der Waals surface area contributed by atoms with E-state index >= 15 is 0 Å². The molecule has 4 rings (SSSR count). The molecule has 1 aromatic heterocycles. The summed E-state index contributed by atoms with van der Waals surface area (Å²) in [5, 5.41) is 0. The number of Topliss-reactive ketones (excluding diaryl/α,β-unsaturated/α-hetero) is 1. The molecular weight excluding hydrogens is 298 g/mol. The standard InChI is InChI=1S/C20H23N3O/c1-2-16-17(24)12-14-4-5-15(13-21)22-18(14)19(16)23-10-8-20(9-11-23)6-3-7-20/h1,4-5H,3,6-13,21H2. The smallest absolute Gasteiger partial charge is 0.177 e. The minimum atomic E-state index is 0.0335. The second-order valence-corrected chi connectivity index (χ2v) is 7.32. The summed E-state index contributed by atoms with van der Waals surface area (Å²) in [6, 6.07) is 3.89. The predicted octanol–water partition coefficient (Wildman–Crippen LogP) is 2.28. The zero-order chi connectivity index (χ0) is 16.7. The minimum absolute atomic E-state index is 0.0335. The number of carbonyl (C=O) groups is 1. The van der Waals surface area contributed by atoms with Crippen LogP contribution in [0.3, 0.4) is 0 Å². The van der Waals surface area contributed by atoms with E-state index in [1.165, 1.54) is 32.1 Å².